The van der Waals surface area contributed by atoms with E-state index >= 15 is 0 Å². The van der Waals surface area contributed by atoms with Crippen molar-refractivity contribution in [3.05, 3.63) is 83.9 Å². The van der Waals surface area contributed by atoms with Gasteiger partial charge in [0.1, 0.15) is 0 Å². The highest BCUT2D eigenvalue weighted by molar-refractivity contribution is 6.07. The van der Waals surface area contributed by atoms with E-state index in [0.717, 1.165) is 23.1 Å². The van der Waals surface area contributed by atoms with Crippen LogP contribution < -0.4 is 5.32 Å². The van der Waals surface area contributed by atoms with Crippen molar-refractivity contribution >= 4 is 27.7 Å². The largest absolute Gasteiger partial charge is 0.390 e. The first kappa shape index (κ1) is 20.7. The maximum Gasteiger partial charge on any atom is 0.251 e. The number of amides is 1. The van der Waals surface area contributed by atoms with Gasteiger partial charge in [-0.15, -0.1) is 0 Å². The smallest absolute Gasteiger partial charge is 0.251 e. The fourth-order valence-electron chi connectivity index (χ4n) is 4.66. The molecule has 0 saturated heterocycles. The van der Waals surface area contributed by atoms with E-state index in [4.69, 9.17) is 0 Å². The van der Waals surface area contributed by atoms with Gasteiger partial charge in [-0.25, -0.2) is 0 Å². The Kier molecular flexibility index (Phi) is 5.68. The van der Waals surface area contributed by atoms with Gasteiger partial charge >= 0.3 is 0 Å². The molecule has 4 aromatic rings. The van der Waals surface area contributed by atoms with Crippen LogP contribution in [0.1, 0.15) is 28.8 Å². The number of nitrogens with zero attached hydrogens (tertiary/aromatic N) is 2. The molecule has 1 aliphatic carbocycles. The minimum atomic E-state index is -0.472. The van der Waals surface area contributed by atoms with Gasteiger partial charge in [0.2, 0.25) is 0 Å². The number of carbonyl (C=O) groups excluding carboxylic acids is 1. The standard InChI is InChI=1S/C27H29N3O2/c1-28-27(32)20-12-10-19(11-13-20)16-29(21-14-15-21)17-22(31)18-30-25-8-4-2-6-23(25)24-7-3-5-9-26(24)30/h2-13,21-22,31H,14-18H2,1H3,(H,28,32)/t22-/m0/s1. The van der Waals surface area contributed by atoms with Crippen LogP contribution in [-0.4, -0.2) is 46.2 Å². The van der Waals surface area contributed by atoms with Crippen LogP contribution in [0.3, 0.4) is 0 Å². The monoisotopic (exact) mass is 427 g/mol. The minimum absolute atomic E-state index is 0.0720. The van der Waals surface area contributed by atoms with Gasteiger partial charge in [-0.1, -0.05) is 48.5 Å². The molecule has 164 valence electrons. The molecule has 5 nitrogen and oxygen atoms in total. The van der Waals surface area contributed by atoms with Gasteiger partial charge in [-0.05, 0) is 42.7 Å². The SMILES string of the molecule is CNC(=O)c1ccc(CN(C[C@H](O)Cn2c3ccccc3c3ccccc32)C2CC2)cc1. The number of aromatic nitrogens is 1. The number of carbonyl (C=O) groups is 1. The molecule has 1 amide bonds. The molecular formula is C27H29N3O2. The zero-order valence-corrected chi connectivity index (χ0v) is 18.4. The number of para-hydroxylation sites is 2. The number of nitrogens with one attached hydrogen (secondary N) is 1. The molecule has 0 unspecified atom stereocenters. The third-order valence-corrected chi connectivity index (χ3v) is 6.41. The molecule has 0 bridgehead atoms. The lowest BCUT2D eigenvalue weighted by molar-refractivity contribution is 0.0922. The summed E-state index contributed by atoms with van der Waals surface area (Å²) in [5, 5.41) is 16.2. The molecule has 32 heavy (non-hydrogen) atoms. The number of hydrogen-bond acceptors (Lipinski definition) is 3. The van der Waals surface area contributed by atoms with Crippen LogP contribution in [0.25, 0.3) is 21.8 Å². The topological polar surface area (TPSA) is 57.5 Å². The minimum Gasteiger partial charge on any atom is -0.390 e. The average Bonchev–Trinajstić information content (AvgIpc) is 3.63. The van der Waals surface area contributed by atoms with Crippen molar-refractivity contribution in [2.75, 3.05) is 13.6 Å². The normalized spacial score (nSPS) is 14.8. The van der Waals surface area contributed by atoms with Gasteiger partial charge in [0.15, 0.2) is 0 Å². The number of hydrogen-bond donors (Lipinski definition) is 2. The second kappa shape index (κ2) is 8.77. The van der Waals surface area contributed by atoms with E-state index in [1.807, 2.05) is 24.3 Å². The Morgan fingerprint density at radius 2 is 1.59 bits per heavy atom. The zero-order valence-electron chi connectivity index (χ0n) is 18.4. The Bertz CT molecular complexity index is 1190. The molecule has 0 spiro atoms. The van der Waals surface area contributed by atoms with E-state index in [0.29, 0.717) is 24.7 Å². The Morgan fingerprint density at radius 1 is 1.00 bits per heavy atom. The lowest BCUT2D eigenvalue weighted by atomic mass is 10.1. The van der Waals surface area contributed by atoms with Gasteiger partial charge in [0.05, 0.1) is 12.6 Å². The van der Waals surface area contributed by atoms with Crippen LogP contribution in [-0.2, 0) is 13.1 Å². The van der Waals surface area contributed by atoms with Crippen LogP contribution >= 0.6 is 0 Å². The Hall–Kier alpha value is -3.15. The summed E-state index contributed by atoms with van der Waals surface area (Å²) < 4.78 is 2.25. The Balaban J connectivity index is 1.33. The fraction of sp³-hybridized carbons (Fsp3) is 0.296. The molecule has 1 atom stereocenters. The number of aliphatic hydroxyl groups is 1. The van der Waals surface area contributed by atoms with Gasteiger partial charge in [-0.2, -0.15) is 0 Å². The summed E-state index contributed by atoms with van der Waals surface area (Å²) in [6.07, 6.45) is 1.89. The fourth-order valence-corrected chi connectivity index (χ4v) is 4.66. The molecule has 1 heterocycles. The predicted molar refractivity (Wildman–Crippen MR) is 129 cm³/mol. The molecule has 1 saturated carbocycles. The van der Waals surface area contributed by atoms with Crippen LogP contribution in [0, 0.1) is 0 Å². The molecule has 1 fully saturated rings. The lowest BCUT2D eigenvalue weighted by Gasteiger charge is -2.26. The maximum absolute atomic E-state index is 11.8. The molecular weight excluding hydrogens is 398 g/mol. The summed E-state index contributed by atoms with van der Waals surface area (Å²) in [5.74, 6) is -0.0720. The van der Waals surface area contributed by atoms with Gasteiger partial charge in [0.25, 0.3) is 5.91 Å². The summed E-state index contributed by atoms with van der Waals surface area (Å²) in [7, 11) is 1.64. The van der Waals surface area contributed by atoms with E-state index in [2.05, 4.69) is 63.3 Å². The predicted octanol–water partition coefficient (Wildman–Crippen LogP) is 4.18. The third kappa shape index (κ3) is 4.14. The van der Waals surface area contributed by atoms with E-state index in [1.165, 1.54) is 23.6 Å². The highest BCUT2D eigenvalue weighted by Gasteiger charge is 2.30. The number of rotatable bonds is 8. The number of aliphatic hydroxyl groups excluding tert-OH is 1. The van der Waals surface area contributed by atoms with Crippen LogP contribution in [0.15, 0.2) is 72.8 Å². The molecule has 0 radical (unpaired) electrons. The second-order valence-electron chi connectivity index (χ2n) is 8.74. The summed E-state index contributed by atoms with van der Waals surface area (Å²) in [5.41, 5.74) is 4.15. The van der Waals surface area contributed by atoms with E-state index in [1.54, 1.807) is 7.05 Å². The first-order valence-corrected chi connectivity index (χ1v) is 11.3. The Labute approximate surface area is 188 Å². The number of fused-ring (bicyclic) bond motifs is 3. The van der Waals surface area contributed by atoms with Gasteiger partial charge < -0.3 is 15.0 Å². The van der Waals surface area contributed by atoms with Crippen molar-refractivity contribution in [2.45, 2.75) is 38.1 Å². The van der Waals surface area contributed by atoms with E-state index < -0.39 is 6.10 Å². The van der Waals surface area contributed by atoms with Crippen molar-refractivity contribution in [2.24, 2.45) is 0 Å². The van der Waals surface area contributed by atoms with Crippen LogP contribution in [0.2, 0.25) is 0 Å². The maximum atomic E-state index is 11.8. The second-order valence-corrected chi connectivity index (χ2v) is 8.74. The summed E-state index contributed by atoms with van der Waals surface area (Å²) in [6.45, 7) is 1.97. The first-order valence-electron chi connectivity index (χ1n) is 11.3. The van der Waals surface area contributed by atoms with Crippen LogP contribution in [0.4, 0.5) is 0 Å². The number of benzene rings is 3. The molecule has 5 heteroatoms. The molecule has 1 aliphatic rings. The molecule has 2 N–H and O–H groups in total. The molecule has 5 rings (SSSR count). The van der Waals surface area contributed by atoms with Crippen molar-refractivity contribution in [3.8, 4) is 0 Å². The first-order chi connectivity index (χ1) is 15.6. The highest BCUT2D eigenvalue weighted by Crippen LogP contribution is 2.31. The Morgan fingerprint density at radius 3 is 2.16 bits per heavy atom. The van der Waals surface area contributed by atoms with Gasteiger partial charge in [-0.3, -0.25) is 9.69 Å². The lowest BCUT2D eigenvalue weighted by Crippen LogP contribution is -2.36. The van der Waals surface area contributed by atoms with E-state index in [9.17, 15) is 9.90 Å². The molecule has 1 aromatic heterocycles. The zero-order chi connectivity index (χ0) is 22.1. The van der Waals surface area contributed by atoms with Crippen molar-refractivity contribution in [3.63, 3.8) is 0 Å². The quantitative estimate of drug-likeness (QED) is 0.444. The third-order valence-electron chi connectivity index (χ3n) is 6.41. The van der Waals surface area contributed by atoms with Crippen LogP contribution in [0.5, 0.6) is 0 Å². The van der Waals surface area contributed by atoms with Gasteiger partial charge in [0, 0.05) is 53.5 Å². The molecule has 3 aromatic carbocycles. The highest BCUT2D eigenvalue weighted by atomic mass is 16.3. The van der Waals surface area contributed by atoms with Crippen molar-refractivity contribution < 1.29 is 9.90 Å². The van der Waals surface area contributed by atoms with E-state index in [-0.39, 0.29) is 5.91 Å². The summed E-state index contributed by atoms with van der Waals surface area (Å²) >= 11 is 0. The summed E-state index contributed by atoms with van der Waals surface area (Å²) in [6, 6.07) is 25.1. The summed E-state index contributed by atoms with van der Waals surface area (Å²) in [4.78, 5) is 14.2. The van der Waals surface area contributed by atoms with Crippen molar-refractivity contribution in [1.82, 2.24) is 14.8 Å². The van der Waals surface area contributed by atoms with Crippen molar-refractivity contribution in [1.29, 1.82) is 0 Å². The average molecular weight is 428 g/mol. The molecule has 0 aliphatic heterocycles.